The smallest absolute Gasteiger partial charge is 0.338 e. The number of carbonyl (C=O) groups excluding carboxylic acids is 2. The molecule has 1 aromatic heterocycles. The van der Waals surface area contributed by atoms with Gasteiger partial charge in [-0.05, 0) is 25.1 Å². The highest BCUT2D eigenvalue weighted by atomic mass is 32.2. The van der Waals surface area contributed by atoms with Gasteiger partial charge in [0.05, 0.1) is 18.4 Å². The first-order chi connectivity index (χ1) is 13.6. The van der Waals surface area contributed by atoms with Crippen LogP contribution in [0, 0.1) is 0 Å². The van der Waals surface area contributed by atoms with Crippen molar-refractivity contribution in [2.24, 2.45) is 0 Å². The molecule has 29 heavy (non-hydrogen) atoms. The molecule has 11 heteroatoms. The quantitative estimate of drug-likeness (QED) is 0.578. The number of esters is 1. The van der Waals surface area contributed by atoms with E-state index in [1.807, 2.05) is 6.92 Å². The van der Waals surface area contributed by atoms with E-state index in [4.69, 9.17) is 9.47 Å². The largest absolute Gasteiger partial charge is 0.495 e. The van der Waals surface area contributed by atoms with Crippen molar-refractivity contribution < 1.29 is 27.5 Å². The molecule has 2 rings (SSSR count). The van der Waals surface area contributed by atoms with Crippen LogP contribution in [0.15, 0.2) is 28.5 Å². The van der Waals surface area contributed by atoms with Gasteiger partial charge in [0.25, 0.3) is 0 Å². The van der Waals surface area contributed by atoms with E-state index in [9.17, 15) is 18.0 Å². The Hall–Kier alpha value is -2.50. The Morgan fingerprint density at radius 3 is 2.48 bits per heavy atom. The minimum absolute atomic E-state index is 0.0700. The Morgan fingerprint density at radius 2 is 1.93 bits per heavy atom. The average Bonchev–Trinajstić information content (AvgIpc) is 3.14. The third kappa shape index (κ3) is 5.11. The van der Waals surface area contributed by atoms with Crippen LogP contribution in [-0.4, -0.2) is 57.3 Å². The number of hydrogen-bond acceptors (Lipinski definition) is 8. The fourth-order valence-electron chi connectivity index (χ4n) is 2.40. The number of hydrogen-bond donors (Lipinski definition) is 0. The van der Waals surface area contributed by atoms with Crippen molar-refractivity contribution >= 4 is 38.4 Å². The summed E-state index contributed by atoms with van der Waals surface area (Å²) in [5.41, 5.74) is 0.563. The maximum Gasteiger partial charge on any atom is 0.338 e. The zero-order valence-electron chi connectivity index (χ0n) is 16.8. The Morgan fingerprint density at radius 1 is 1.24 bits per heavy atom. The predicted octanol–water partition coefficient (Wildman–Crippen LogP) is 2.13. The summed E-state index contributed by atoms with van der Waals surface area (Å²) >= 11 is 1.27. The fourth-order valence-corrected chi connectivity index (χ4v) is 4.40. The number of sulfonamides is 1. The van der Waals surface area contributed by atoms with E-state index in [-0.39, 0.29) is 28.7 Å². The van der Waals surface area contributed by atoms with Crippen LogP contribution in [0.4, 0.5) is 5.13 Å². The molecular formula is C18H23N3O6S2. The highest BCUT2D eigenvalue weighted by Crippen LogP contribution is 2.27. The van der Waals surface area contributed by atoms with E-state index in [1.165, 1.54) is 62.6 Å². The van der Waals surface area contributed by atoms with Gasteiger partial charge in [0.1, 0.15) is 17.3 Å². The number of carbonyl (C=O) groups is 2. The van der Waals surface area contributed by atoms with Crippen LogP contribution in [-0.2, 0) is 26.2 Å². The van der Waals surface area contributed by atoms with Gasteiger partial charge in [-0.2, -0.15) is 0 Å². The van der Waals surface area contributed by atoms with Crippen molar-refractivity contribution in [3.8, 4) is 5.75 Å². The van der Waals surface area contributed by atoms with E-state index in [0.29, 0.717) is 17.4 Å². The SMILES string of the molecule is CCN(C(C)=O)c1nc(COC(=O)c2ccc(OC)c(S(=O)(=O)N(C)C)c2)cs1. The van der Waals surface area contributed by atoms with Crippen LogP contribution >= 0.6 is 11.3 Å². The van der Waals surface area contributed by atoms with Crippen molar-refractivity contribution in [2.75, 3.05) is 32.6 Å². The average molecular weight is 442 g/mol. The number of methoxy groups -OCH3 is 1. The summed E-state index contributed by atoms with van der Waals surface area (Å²) in [5, 5.41) is 2.22. The molecule has 0 spiro atoms. The van der Waals surface area contributed by atoms with Crippen molar-refractivity contribution in [3.63, 3.8) is 0 Å². The van der Waals surface area contributed by atoms with Gasteiger partial charge in [0, 0.05) is 32.9 Å². The molecule has 1 aromatic carbocycles. The molecule has 2 aromatic rings. The molecular weight excluding hydrogens is 418 g/mol. The first-order valence-corrected chi connectivity index (χ1v) is 10.9. The molecule has 0 atom stereocenters. The molecule has 0 aliphatic rings. The molecule has 0 bridgehead atoms. The lowest BCUT2D eigenvalue weighted by Crippen LogP contribution is -2.27. The molecule has 0 N–H and O–H groups in total. The van der Waals surface area contributed by atoms with Gasteiger partial charge in [-0.1, -0.05) is 0 Å². The van der Waals surface area contributed by atoms with Crippen molar-refractivity contribution in [2.45, 2.75) is 25.3 Å². The maximum absolute atomic E-state index is 12.5. The maximum atomic E-state index is 12.5. The van der Waals surface area contributed by atoms with Crippen molar-refractivity contribution in [1.82, 2.24) is 9.29 Å². The molecule has 0 radical (unpaired) electrons. The van der Waals surface area contributed by atoms with Gasteiger partial charge in [0.15, 0.2) is 5.13 Å². The van der Waals surface area contributed by atoms with Gasteiger partial charge in [-0.25, -0.2) is 22.5 Å². The molecule has 1 heterocycles. The lowest BCUT2D eigenvalue weighted by molar-refractivity contribution is -0.116. The standard InChI is InChI=1S/C18H23N3O6S2/c1-6-21(12(2)22)18-19-14(11-28-18)10-27-17(23)13-7-8-15(26-5)16(9-13)29(24,25)20(3)4/h7-9,11H,6,10H2,1-5H3. The Kier molecular flexibility index (Phi) is 7.33. The normalized spacial score (nSPS) is 11.4. The second kappa shape index (κ2) is 9.33. The summed E-state index contributed by atoms with van der Waals surface area (Å²) in [6.07, 6.45) is 0. The van der Waals surface area contributed by atoms with E-state index >= 15 is 0 Å². The molecule has 158 valence electrons. The summed E-state index contributed by atoms with van der Waals surface area (Å²) < 4.78 is 36.3. The number of thiazole rings is 1. The van der Waals surface area contributed by atoms with Crippen LogP contribution in [0.5, 0.6) is 5.75 Å². The highest BCUT2D eigenvalue weighted by Gasteiger charge is 2.24. The summed E-state index contributed by atoms with van der Waals surface area (Å²) in [6, 6.07) is 4.05. The first-order valence-electron chi connectivity index (χ1n) is 8.62. The fraction of sp³-hybridized carbons (Fsp3) is 0.389. The topological polar surface area (TPSA) is 106 Å². The Bertz CT molecular complexity index is 1000. The van der Waals surface area contributed by atoms with E-state index in [1.54, 1.807) is 5.38 Å². The number of ether oxygens (including phenoxy) is 2. The number of rotatable bonds is 8. The monoisotopic (exact) mass is 441 g/mol. The van der Waals surface area contributed by atoms with E-state index < -0.39 is 16.0 Å². The van der Waals surface area contributed by atoms with Crippen molar-refractivity contribution in [3.05, 3.63) is 34.8 Å². The van der Waals surface area contributed by atoms with Gasteiger partial charge in [-0.15, -0.1) is 11.3 Å². The lowest BCUT2D eigenvalue weighted by Gasteiger charge is -2.15. The number of anilines is 1. The summed E-state index contributed by atoms with van der Waals surface area (Å²) in [5.74, 6) is -0.696. The summed E-state index contributed by atoms with van der Waals surface area (Å²) in [7, 11) is 0.320. The number of nitrogens with zero attached hydrogens (tertiary/aromatic N) is 3. The molecule has 0 saturated carbocycles. The predicted molar refractivity (Wildman–Crippen MR) is 109 cm³/mol. The highest BCUT2D eigenvalue weighted by molar-refractivity contribution is 7.89. The second-order valence-electron chi connectivity index (χ2n) is 6.11. The molecule has 9 nitrogen and oxygen atoms in total. The number of amides is 1. The Labute approximate surface area is 173 Å². The van der Waals surface area contributed by atoms with E-state index in [0.717, 1.165) is 4.31 Å². The third-order valence-corrected chi connectivity index (χ3v) is 6.72. The molecule has 0 aliphatic heterocycles. The first kappa shape index (κ1) is 22.8. The minimum Gasteiger partial charge on any atom is -0.495 e. The zero-order chi connectivity index (χ0) is 21.8. The lowest BCUT2D eigenvalue weighted by atomic mass is 10.2. The zero-order valence-corrected chi connectivity index (χ0v) is 18.5. The molecule has 0 aliphatic carbocycles. The van der Waals surface area contributed by atoms with Gasteiger partial charge < -0.3 is 9.47 Å². The molecule has 1 amide bonds. The molecule has 0 fully saturated rings. The van der Waals surface area contributed by atoms with Gasteiger partial charge in [0.2, 0.25) is 15.9 Å². The van der Waals surface area contributed by atoms with Crippen LogP contribution in [0.25, 0.3) is 0 Å². The Balaban J connectivity index is 2.18. The second-order valence-corrected chi connectivity index (χ2v) is 9.07. The van der Waals surface area contributed by atoms with E-state index in [2.05, 4.69) is 4.98 Å². The van der Waals surface area contributed by atoms with Crippen LogP contribution in [0.3, 0.4) is 0 Å². The van der Waals surface area contributed by atoms with Gasteiger partial charge >= 0.3 is 5.97 Å². The number of benzene rings is 1. The van der Waals surface area contributed by atoms with Crippen LogP contribution < -0.4 is 9.64 Å². The third-order valence-electron chi connectivity index (χ3n) is 3.98. The van der Waals surface area contributed by atoms with Gasteiger partial charge in [-0.3, -0.25) is 9.69 Å². The molecule has 0 saturated heterocycles. The van der Waals surface area contributed by atoms with Crippen LogP contribution in [0.2, 0.25) is 0 Å². The minimum atomic E-state index is -3.81. The van der Waals surface area contributed by atoms with Crippen LogP contribution in [0.1, 0.15) is 29.9 Å². The number of aromatic nitrogens is 1. The summed E-state index contributed by atoms with van der Waals surface area (Å²) in [4.78, 5) is 29.7. The van der Waals surface area contributed by atoms with Crippen molar-refractivity contribution in [1.29, 1.82) is 0 Å². The molecule has 0 unspecified atom stereocenters. The summed E-state index contributed by atoms with van der Waals surface area (Å²) in [6.45, 7) is 3.67.